The lowest BCUT2D eigenvalue weighted by molar-refractivity contribution is -0.123. The van der Waals surface area contributed by atoms with E-state index in [0.717, 1.165) is 22.4 Å². The van der Waals surface area contributed by atoms with Gasteiger partial charge in [-0.05, 0) is 41.5 Å². The Morgan fingerprint density at radius 2 is 1.73 bits per heavy atom. The van der Waals surface area contributed by atoms with Crippen molar-refractivity contribution in [2.24, 2.45) is 0 Å². The molecule has 1 aliphatic heterocycles. The number of halogens is 1. The maximum Gasteiger partial charge on any atom is 0.231 e. The number of para-hydroxylation sites is 1. The molecule has 2 unspecified atom stereocenters. The van der Waals surface area contributed by atoms with Crippen LogP contribution < -0.4 is 10.1 Å². The van der Waals surface area contributed by atoms with E-state index in [1.165, 1.54) is 12.1 Å². The number of amides is 1. The van der Waals surface area contributed by atoms with Crippen molar-refractivity contribution < 1.29 is 13.9 Å². The zero-order chi connectivity index (χ0) is 17.9. The Balaban J connectivity index is 1.63. The van der Waals surface area contributed by atoms with Gasteiger partial charge in [0.15, 0.2) is 0 Å². The van der Waals surface area contributed by atoms with Gasteiger partial charge < -0.3 is 10.1 Å². The highest BCUT2D eigenvalue weighted by atomic mass is 19.1. The van der Waals surface area contributed by atoms with E-state index in [1.54, 1.807) is 24.5 Å². The van der Waals surface area contributed by atoms with Crippen molar-refractivity contribution in [1.29, 1.82) is 0 Å². The Kier molecular flexibility index (Phi) is 4.35. The summed E-state index contributed by atoms with van der Waals surface area (Å²) in [5, 5.41) is 3.08. The number of aromatic nitrogens is 1. The molecule has 0 bridgehead atoms. The molecule has 26 heavy (non-hydrogen) atoms. The molecule has 5 heteroatoms. The van der Waals surface area contributed by atoms with Crippen LogP contribution in [0.3, 0.4) is 0 Å². The van der Waals surface area contributed by atoms with Gasteiger partial charge in [0, 0.05) is 18.0 Å². The third kappa shape index (κ3) is 3.16. The van der Waals surface area contributed by atoms with Crippen LogP contribution in [0.25, 0.3) is 0 Å². The number of hydrogen-bond donors (Lipinski definition) is 1. The van der Waals surface area contributed by atoms with Crippen molar-refractivity contribution in [3.8, 4) is 5.75 Å². The Hall–Kier alpha value is -3.21. The van der Waals surface area contributed by atoms with Crippen molar-refractivity contribution in [1.82, 2.24) is 10.3 Å². The average Bonchev–Trinajstić information content (AvgIpc) is 3.12. The van der Waals surface area contributed by atoms with Gasteiger partial charge in [0.2, 0.25) is 5.91 Å². The van der Waals surface area contributed by atoms with Crippen LogP contribution in [0.2, 0.25) is 0 Å². The van der Waals surface area contributed by atoms with Gasteiger partial charge in [0.05, 0.1) is 6.04 Å². The predicted molar refractivity (Wildman–Crippen MR) is 95.3 cm³/mol. The van der Waals surface area contributed by atoms with E-state index in [2.05, 4.69) is 10.3 Å². The maximum absolute atomic E-state index is 13.3. The van der Waals surface area contributed by atoms with E-state index in [-0.39, 0.29) is 23.7 Å². The SMILES string of the molecule is O=C(NC(c1ccncc1)c1ccc(F)cc1)C1COc2ccccc21. The minimum Gasteiger partial charge on any atom is -0.492 e. The molecule has 2 heterocycles. The summed E-state index contributed by atoms with van der Waals surface area (Å²) >= 11 is 0. The second kappa shape index (κ2) is 6.96. The average molecular weight is 348 g/mol. The number of ether oxygens (including phenoxy) is 1. The molecule has 0 saturated heterocycles. The number of benzene rings is 2. The van der Waals surface area contributed by atoms with Gasteiger partial charge in [-0.1, -0.05) is 30.3 Å². The summed E-state index contributed by atoms with van der Waals surface area (Å²) < 4.78 is 18.9. The van der Waals surface area contributed by atoms with Crippen molar-refractivity contribution in [2.75, 3.05) is 6.61 Å². The number of rotatable bonds is 4. The molecule has 0 aliphatic carbocycles. The molecule has 0 radical (unpaired) electrons. The molecule has 1 aliphatic rings. The van der Waals surface area contributed by atoms with Crippen molar-refractivity contribution >= 4 is 5.91 Å². The third-order valence-electron chi connectivity index (χ3n) is 4.55. The summed E-state index contributed by atoms with van der Waals surface area (Å²) in [4.78, 5) is 17.0. The van der Waals surface area contributed by atoms with Gasteiger partial charge >= 0.3 is 0 Å². The fraction of sp³-hybridized carbons (Fsp3) is 0.143. The Bertz CT molecular complexity index is 913. The zero-order valence-corrected chi connectivity index (χ0v) is 13.9. The van der Waals surface area contributed by atoms with Crippen LogP contribution in [-0.4, -0.2) is 17.5 Å². The van der Waals surface area contributed by atoms with E-state index < -0.39 is 0 Å². The zero-order valence-electron chi connectivity index (χ0n) is 13.9. The minimum absolute atomic E-state index is 0.124. The fourth-order valence-electron chi connectivity index (χ4n) is 3.19. The molecule has 1 N–H and O–H groups in total. The van der Waals surface area contributed by atoms with Crippen molar-refractivity contribution in [3.63, 3.8) is 0 Å². The van der Waals surface area contributed by atoms with E-state index in [1.807, 2.05) is 36.4 Å². The topological polar surface area (TPSA) is 51.2 Å². The van der Waals surface area contributed by atoms with Gasteiger partial charge in [0.1, 0.15) is 24.1 Å². The summed E-state index contributed by atoms with van der Waals surface area (Å²) in [6.07, 6.45) is 3.35. The van der Waals surface area contributed by atoms with E-state index in [0.29, 0.717) is 6.61 Å². The van der Waals surface area contributed by atoms with Crippen molar-refractivity contribution in [2.45, 2.75) is 12.0 Å². The number of nitrogens with one attached hydrogen (secondary N) is 1. The Morgan fingerprint density at radius 1 is 1.04 bits per heavy atom. The quantitative estimate of drug-likeness (QED) is 0.784. The molecule has 130 valence electrons. The molecular weight excluding hydrogens is 331 g/mol. The predicted octanol–water partition coefficient (Wildman–Crippen LogP) is 3.60. The highest BCUT2D eigenvalue weighted by molar-refractivity contribution is 5.86. The summed E-state index contributed by atoms with van der Waals surface area (Å²) in [7, 11) is 0. The van der Waals surface area contributed by atoms with E-state index in [9.17, 15) is 9.18 Å². The smallest absolute Gasteiger partial charge is 0.231 e. The van der Waals surface area contributed by atoms with Crippen LogP contribution in [0.5, 0.6) is 5.75 Å². The first kappa shape index (κ1) is 16.3. The van der Waals surface area contributed by atoms with Gasteiger partial charge in [-0.15, -0.1) is 0 Å². The number of carbonyl (C=O) groups is 1. The number of hydrogen-bond acceptors (Lipinski definition) is 3. The third-order valence-corrected chi connectivity index (χ3v) is 4.55. The molecule has 0 saturated carbocycles. The van der Waals surface area contributed by atoms with Crippen LogP contribution in [0, 0.1) is 5.82 Å². The molecule has 2 atom stereocenters. The van der Waals surface area contributed by atoms with Crippen molar-refractivity contribution in [3.05, 3.63) is 95.6 Å². The number of pyridine rings is 1. The van der Waals surface area contributed by atoms with Gasteiger partial charge in [0.25, 0.3) is 0 Å². The highest BCUT2D eigenvalue weighted by Crippen LogP contribution is 2.34. The molecule has 1 aromatic heterocycles. The van der Waals surface area contributed by atoms with Crippen LogP contribution in [0.15, 0.2) is 73.1 Å². The van der Waals surface area contributed by atoms with Gasteiger partial charge in [-0.3, -0.25) is 9.78 Å². The largest absolute Gasteiger partial charge is 0.492 e. The van der Waals surface area contributed by atoms with Crippen LogP contribution in [0.4, 0.5) is 4.39 Å². The first-order valence-corrected chi connectivity index (χ1v) is 8.40. The van der Waals surface area contributed by atoms with Gasteiger partial charge in [-0.2, -0.15) is 0 Å². The lowest BCUT2D eigenvalue weighted by Gasteiger charge is -2.21. The molecule has 4 rings (SSSR count). The molecule has 1 amide bonds. The lowest BCUT2D eigenvalue weighted by atomic mass is 9.96. The molecule has 0 spiro atoms. The molecular formula is C21H17FN2O2. The number of carbonyl (C=O) groups excluding carboxylic acids is 1. The number of fused-ring (bicyclic) bond motifs is 1. The normalized spacial score (nSPS) is 16.4. The van der Waals surface area contributed by atoms with E-state index >= 15 is 0 Å². The standard InChI is InChI=1S/C21H17FN2O2/c22-16-7-5-14(6-8-16)20(15-9-11-23-12-10-15)24-21(25)18-13-26-19-4-2-1-3-17(18)19/h1-12,18,20H,13H2,(H,24,25). The van der Waals surface area contributed by atoms with Crippen LogP contribution in [-0.2, 0) is 4.79 Å². The maximum atomic E-state index is 13.3. The van der Waals surface area contributed by atoms with Crippen LogP contribution in [0.1, 0.15) is 28.7 Å². The molecule has 0 fully saturated rings. The van der Waals surface area contributed by atoms with Gasteiger partial charge in [-0.25, -0.2) is 4.39 Å². The number of nitrogens with zero attached hydrogens (tertiary/aromatic N) is 1. The van der Waals surface area contributed by atoms with Crippen LogP contribution >= 0.6 is 0 Å². The summed E-state index contributed by atoms with van der Waals surface area (Å²) in [6, 6.07) is 17.0. The monoisotopic (exact) mass is 348 g/mol. The lowest BCUT2D eigenvalue weighted by Crippen LogP contribution is -2.34. The Labute approximate surface area is 150 Å². The summed E-state index contributed by atoms with van der Waals surface area (Å²) in [5.74, 6) is -0.0568. The highest BCUT2D eigenvalue weighted by Gasteiger charge is 2.31. The second-order valence-electron chi connectivity index (χ2n) is 6.18. The molecule has 4 nitrogen and oxygen atoms in total. The first-order chi connectivity index (χ1) is 12.7. The van der Waals surface area contributed by atoms with E-state index in [4.69, 9.17) is 4.74 Å². The molecule has 3 aromatic rings. The summed E-state index contributed by atoms with van der Waals surface area (Å²) in [5.41, 5.74) is 2.57. The summed E-state index contributed by atoms with van der Waals surface area (Å²) in [6.45, 7) is 0.317. The molecule has 2 aromatic carbocycles. The minimum atomic E-state index is -0.390. The second-order valence-corrected chi connectivity index (χ2v) is 6.18. The Morgan fingerprint density at radius 3 is 2.50 bits per heavy atom. The fourth-order valence-corrected chi connectivity index (χ4v) is 3.19. The first-order valence-electron chi connectivity index (χ1n) is 8.40.